The molecule has 0 saturated heterocycles. The minimum absolute atomic E-state index is 0.118. The lowest BCUT2D eigenvalue weighted by Crippen LogP contribution is -2.02. The summed E-state index contributed by atoms with van der Waals surface area (Å²) in [5.41, 5.74) is 8.72. The molecule has 0 aliphatic carbocycles. The molecule has 0 atom stereocenters. The number of hydrogen-bond donors (Lipinski definition) is 1. The van der Waals surface area contributed by atoms with E-state index in [9.17, 15) is 10.5 Å². The van der Waals surface area contributed by atoms with E-state index in [0.717, 1.165) is 10.0 Å². The van der Waals surface area contributed by atoms with Crippen LogP contribution < -0.4 is 10.5 Å². The molecule has 2 N–H and O–H groups in total. The molecule has 0 fully saturated rings. The van der Waals surface area contributed by atoms with E-state index < -0.39 is 0 Å². The van der Waals surface area contributed by atoms with Crippen LogP contribution in [0.15, 0.2) is 71.2 Å². The number of nitriles is 2. The Morgan fingerprint density at radius 1 is 1.09 bits per heavy atom. The molecule has 0 saturated carbocycles. The summed E-state index contributed by atoms with van der Waals surface area (Å²) in [7, 11) is 0. The number of nitrogens with zero attached hydrogens (tertiary/aromatic N) is 4. The topological polar surface area (TPSA) is 101 Å². The van der Waals surface area contributed by atoms with E-state index in [4.69, 9.17) is 33.7 Å². The highest BCUT2D eigenvalue weighted by Crippen LogP contribution is 2.32. The van der Waals surface area contributed by atoms with Crippen molar-refractivity contribution >= 4 is 56.6 Å². The summed E-state index contributed by atoms with van der Waals surface area (Å²) in [4.78, 5) is 0. The van der Waals surface area contributed by atoms with Crippen molar-refractivity contribution in [3.8, 4) is 23.6 Å². The lowest BCUT2D eigenvalue weighted by atomic mass is 10.1. The molecule has 4 rings (SSSR count). The van der Waals surface area contributed by atoms with Gasteiger partial charge in [0.2, 0.25) is 0 Å². The maximum absolute atomic E-state index is 9.96. The van der Waals surface area contributed by atoms with E-state index in [2.05, 4.69) is 33.2 Å². The molecule has 1 heterocycles. The van der Waals surface area contributed by atoms with Crippen molar-refractivity contribution in [2.24, 2.45) is 0 Å². The SMILES string of the molecule is N#CC(=Cc1cc(Br)ccc1OCc1ccc(Cl)cc1Cl)c1nn(-c2ccccc2)c(N)c1C#N. The number of nitrogens with two attached hydrogens (primary N) is 1. The number of allylic oxidation sites excluding steroid dienone is 1. The molecule has 172 valence electrons. The lowest BCUT2D eigenvalue weighted by molar-refractivity contribution is 0.305. The van der Waals surface area contributed by atoms with Gasteiger partial charge in [0.15, 0.2) is 0 Å². The Bertz CT molecular complexity index is 1520. The lowest BCUT2D eigenvalue weighted by Gasteiger charge is -2.11. The Kier molecular flexibility index (Phi) is 7.43. The summed E-state index contributed by atoms with van der Waals surface area (Å²) in [6, 6.07) is 23.9. The van der Waals surface area contributed by atoms with Gasteiger partial charge in [-0.2, -0.15) is 15.6 Å². The fourth-order valence-corrected chi connectivity index (χ4v) is 4.20. The summed E-state index contributed by atoms with van der Waals surface area (Å²) in [6.45, 7) is 0.194. The van der Waals surface area contributed by atoms with Crippen LogP contribution in [-0.2, 0) is 6.61 Å². The molecule has 0 unspecified atom stereocenters. The van der Waals surface area contributed by atoms with Gasteiger partial charge in [0.05, 0.1) is 11.3 Å². The van der Waals surface area contributed by atoms with Crippen LogP contribution >= 0.6 is 39.1 Å². The van der Waals surface area contributed by atoms with Gasteiger partial charge < -0.3 is 10.5 Å². The molecule has 0 aliphatic rings. The first-order chi connectivity index (χ1) is 16.9. The third-order valence-corrected chi connectivity index (χ3v) is 6.16. The molecule has 0 bridgehead atoms. The van der Waals surface area contributed by atoms with E-state index in [1.165, 1.54) is 4.68 Å². The number of aromatic nitrogens is 2. The van der Waals surface area contributed by atoms with Crippen LogP contribution in [-0.4, -0.2) is 9.78 Å². The zero-order valence-electron chi connectivity index (χ0n) is 18.0. The highest BCUT2D eigenvalue weighted by Gasteiger charge is 2.20. The maximum atomic E-state index is 9.96. The van der Waals surface area contributed by atoms with Gasteiger partial charge in [-0.05, 0) is 48.5 Å². The fourth-order valence-electron chi connectivity index (χ4n) is 3.36. The van der Waals surface area contributed by atoms with Gasteiger partial charge in [0, 0.05) is 25.6 Å². The second-order valence-electron chi connectivity index (χ2n) is 7.34. The van der Waals surface area contributed by atoms with E-state index in [1.807, 2.05) is 36.4 Å². The third-order valence-electron chi connectivity index (χ3n) is 5.08. The minimum atomic E-state index is 0.118. The largest absolute Gasteiger partial charge is 0.488 e. The second-order valence-corrected chi connectivity index (χ2v) is 9.10. The van der Waals surface area contributed by atoms with Gasteiger partial charge in [0.1, 0.15) is 41.6 Å². The number of hydrogen-bond acceptors (Lipinski definition) is 5. The second kappa shape index (κ2) is 10.7. The normalized spacial score (nSPS) is 11.1. The van der Waals surface area contributed by atoms with Crippen molar-refractivity contribution in [3.63, 3.8) is 0 Å². The van der Waals surface area contributed by atoms with Crippen molar-refractivity contribution in [1.82, 2.24) is 9.78 Å². The van der Waals surface area contributed by atoms with Crippen LogP contribution in [0.2, 0.25) is 10.0 Å². The smallest absolute Gasteiger partial charge is 0.145 e. The average molecular weight is 565 g/mol. The predicted octanol–water partition coefficient (Wildman–Crippen LogP) is 7.04. The van der Waals surface area contributed by atoms with Crippen molar-refractivity contribution in [2.75, 3.05) is 5.73 Å². The number of para-hydroxylation sites is 1. The molecule has 9 heteroatoms. The molecule has 0 amide bonds. The standard InChI is InChI=1S/C26H16BrCl2N5O/c27-19-7-9-24(35-15-16-6-8-20(28)12-23(16)29)17(11-19)10-18(13-30)25-22(14-31)26(32)34(33-25)21-4-2-1-3-5-21/h1-12H,15,32H2. The number of nitrogen functional groups attached to an aromatic ring is 1. The number of ether oxygens (including phenoxy) is 1. The van der Waals surface area contributed by atoms with Gasteiger partial charge in [-0.3, -0.25) is 0 Å². The molecule has 4 aromatic rings. The fraction of sp³-hybridized carbons (Fsp3) is 0.0385. The Hall–Kier alpha value is -3.75. The first-order valence-electron chi connectivity index (χ1n) is 10.2. The van der Waals surface area contributed by atoms with Crippen LogP contribution in [0.5, 0.6) is 5.75 Å². The zero-order valence-corrected chi connectivity index (χ0v) is 21.1. The van der Waals surface area contributed by atoms with Gasteiger partial charge in [-0.15, -0.1) is 0 Å². The molecular weight excluding hydrogens is 549 g/mol. The van der Waals surface area contributed by atoms with Crippen molar-refractivity contribution < 1.29 is 4.74 Å². The molecular formula is C26H16BrCl2N5O. The van der Waals surface area contributed by atoms with Gasteiger partial charge in [-0.25, -0.2) is 4.68 Å². The summed E-state index contributed by atoms with van der Waals surface area (Å²) in [5, 5.41) is 25.2. The predicted molar refractivity (Wildman–Crippen MR) is 141 cm³/mol. The highest BCUT2D eigenvalue weighted by atomic mass is 79.9. The minimum Gasteiger partial charge on any atom is -0.488 e. The third kappa shape index (κ3) is 5.34. The molecule has 0 aliphatic heterocycles. The van der Waals surface area contributed by atoms with E-state index in [0.29, 0.717) is 27.0 Å². The van der Waals surface area contributed by atoms with Crippen LogP contribution in [0.3, 0.4) is 0 Å². The maximum Gasteiger partial charge on any atom is 0.145 e. The van der Waals surface area contributed by atoms with Gasteiger partial charge in [-0.1, -0.05) is 63.4 Å². The Morgan fingerprint density at radius 3 is 2.54 bits per heavy atom. The molecule has 0 radical (unpaired) electrons. The molecule has 6 nitrogen and oxygen atoms in total. The zero-order chi connectivity index (χ0) is 24.9. The number of halogens is 3. The Balaban J connectivity index is 1.74. The summed E-state index contributed by atoms with van der Waals surface area (Å²) < 4.78 is 8.25. The Morgan fingerprint density at radius 2 is 1.86 bits per heavy atom. The molecule has 1 aromatic heterocycles. The molecule has 35 heavy (non-hydrogen) atoms. The van der Waals surface area contributed by atoms with Crippen molar-refractivity contribution in [3.05, 3.63) is 104 Å². The van der Waals surface area contributed by atoms with Gasteiger partial charge in [0.25, 0.3) is 0 Å². The van der Waals surface area contributed by atoms with Crippen LogP contribution in [0, 0.1) is 22.7 Å². The first-order valence-corrected chi connectivity index (χ1v) is 11.8. The van der Waals surface area contributed by atoms with Crippen LogP contribution in [0.25, 0.3) is 17.3 Å². The summed E-state index contributed by atoms with van der Waals surface area (Å²) in [6.07, 6.45) is 1.61. The summed E-state index contributed by atoms with van der Waals surface area (Å²) >= 11 is 15.7. The molecule has 0 spiro atoms. The van der Waals surface area contributed by atoms with Crippen LogP contribution in [0.1, 0.15) is 22.4 Å². The van der Waals surface area contributed by atoms with Gasteiger partial charge >= 0.3 is 0 Å². The number of benzene rings is 3. The summed E-state index contributed by atoms with van der Waals surface area (Å²) in [5.74, 6) is 0.666. The van der Waals surface area contributed by atoms with Crippen LogP contribution in [0.4, 0.5) is 5.82 Å². The van der Waals surface area contributed by atoms with E-state index >= 15 is 0 Å². The monoisotopic (exact) mass is 563 g/mol. The quantitative estimate of drug-likeness (QED) is 0.253. The van der Waals surface area contributed by atoms with E-state index in [-0.39, 0.29) is 29.3 Å². The number of anilines is 1. The Labute approximate surface area is 220 Å². The number of rotatable bonds is 6. The first kappa shape index (κ1) is 24.4. The van der Waals surface area contributed by atoms with Crippen molar-refractivity contribution in [2.45, 2.75) is 6.61 Å². The van der Waals surface area contributed by atoms with E-state index in [1.54, 1.807) is 36.4 Å². The highest BCUT2D eigenvalue weighted by molar-refractivity contribution is 9.10. The molecule has 3 aromatic carbocycles. The average Bonchev–Trinajstić information content (AvgIpc) is 3.19. The van der Waals surface area contributed by atoms with Crippen molar-refractivity contribution in [1.29, 1.82) is 10.5 Å².